The van der Waals surface area contributed by atoms with E-state index in [2.05, 4.69) is 10.4 Å². The van der Waals surface area contributed by atoms with Crippen LogP contribution in [-0.2, 0) is 11.2 Å². The SMILES string of the molecule is Cc1nn(-c2ccccc2F)c(C)c1CC(=O)NCC1CCCS1. The molecule has 1 aliphatic heterocycles. The van der Waals surface area contributed by atoms with Crippen LogP contribution in [0, 0.1) is 19.7 Å². The smallest absolute Gasteiger partial charge is 0.224 e. The van der Waals surface area contributed by atoms with Gasteiger partial charge in [0.15, 0.2) is 0 Å². The van der Waals surface area contributed by atoms with Crippen molar-refractivity contribution in [3.63, 3.8) is 0 Å². The Bertz CT molecular complexity index is 738. The van der Waals surface area contributed by atoms with Gasteiger partial charge in [0.05, 0.1) is 12.1 Å². The number of hydrogen-bond acceptors (Lipinski definition) is 3. The molecule has 1 N–H and O–H groups in total. The van der Waals surface area contributed by atoms with Crippen LogP contribution in [0.2, 0.25) is 0 Å². The zero-order valence-electron chi connectivity index (χ0n) is 14.0. The van der Waals surface area contributed by atoms with E-state index in [4.69, 9.17) is 0 Å². The highest BCUT2D eigenvalue weighted by atomic mass is 32.2. The molecular formula is C18H22FN3OS. The molecule has 0 spiro atoms. The number of carbonyl (C=O) groups excluding carboxylic acids is 1. The molecule has 1 amide bonds. The third kappa shape index (κ3) is 3.64. The fraction of sp³-hybridized carbons (Fsp3) is 0.444. The van der Waals surface area contributed by atoms with Gasteiger partial charge >= 0.3 is 0 Å². The molecule has 0 aliphatic carbocycles. The number of aryl methyl sites for hydroxylation is 1. The molecule has 1 saturated heterocycles. The first-order chi connectivity index (χ1) is 11.6. The second-order valence-electron chi connectivity index (χ2n) is 6.13. The summed E-state index contributed by atoms with van der Waals surface area (Å²) < 4.78 is 15.6. The molecule has 1 aliphatic rings. The van der Waals surface area contributed by atoms with Crippen molar-refractivity contribution in [2.75, 3.05) is 12.3 Å². The minimum Gasteiger partial charge on any atom is -0.355 e. The number of amides is 1. The first-order valence-corrected chi connectivity index (χ1v) is 9.29. The third-order valence-electron chi connectivity index (χ3n) is 4.41. The van der Waals surface area contributed by atoms with E-state index < -0.39 is 0 Å². The number of rotatable bonds is 5. The van der Waals surface area contributed by atoms with Crippen LogP contribution in [-0.4, -0.2) is 33.2 Å². The van der Waals surface area contributed by atoms with Crippen molar-refractivity contribution in [3.8, 4) is 5.69 Å². The summed E-state index contributed by atoms with van der Waals surface area (Å²) in [5.41, 5.74) is 2.85. The number of halogens is 1. The van der Waals surface area contributed by atoms with Gasteiger partial charge in [-0.2, -0.15) is 16.9 Å². The molecule has 1 aromatic carbocycles. The Morgan fingerprint density at radius 1 is 1.42 bits per heavy atom. The van der Waals surface area contributed by atoms with Gasteiger partial charge in [0.1, 0.15) is 11.5 Å². The van der Waals surface area contributed by atoms with Crippen molar-refractivity contribution < 1.29 is 9.18 Å². The predicted octanol–water partition coefficient (Wildman–Crippen LogP) is 3.18. The fourth-order valence-electron chi connectivity index (χ4n) is 3.04. The van der Waals surface area contributed by atoms with E-state index in [9.17, 15) is 9.18 Å². The van der Waals surface area contributed by atoms with Crippen LogP contribution in [0.4, 0.5) is 4.39 Å². The predicted molar refractivity (Wildman–Crippen MR) is 95.2 cm³/mol. The van der Waals surface area contributed by atoms with E-state index in [1.165, 1.54) is 24.7 Å². The molecule has 2 heterocycles. The number of thioether (sulfide) groups is 1. The van der Waals surface area contributed by atoms with Crippen LogP contribution in [0.5, 0.6) is 0 Å². The normalized spacial score (nSPS) is 17.2. The number of nitrogens with one attached hydrogen (secondary N) is 1. The standard InChI is InChI=1S/C18H22FN3OS/c1-12-15(10-18(23)20-11-14-6-5-9-24-14)13(2)22(21-12)17-8-4-3-7-16(17)19/h3-4,7-8,14H,5-6,9-11H2,1-2H3,(H,20,23). The molecule has 3 rings (SSSR count). The molecular weight excluding hydrogens is 325 g/mol. The Hall–Kier alpha value is -1.82. The summed E-state index contributed by atoms with van der Waals surface area (Å²) in [6.07, 6.45) is 2.69. The molecule has 1 unspecified atom stereocenters. The van der Waals surface area contributed by atoms with Crippen molar-refractivity contribution in [3.05, 3.63) is 47.0 Å². The maximum atomic E-state index is 14.0. The summed E-state index contributed by atoms with van der Waals surface area (Å²) in [7, 11) is 0. The Labute approximate surface area is 145 Å². The van der Waals surface area contributed by atoms with Crippen LogP contribution >= 0.6 is 11.8 Å². The Morgan fingerprint density at radius 3 is 2.92 bits per heavy atom. The van der Waals surface area contributed by atoms with Crippen LogP contribution in [0.25, 0.3) is 5.69 Å². The van der Waals surface area contributed by atoms with E-state index >= 15 is 0 Å². The van der Waals surface area contributed by atoms with Crippen molar-refractivity contribution in [2.45, 2.75) is 38.4 Å². The van der Waals surface area contributed by atoms with Crippen LogP contribution in [0.3, 0.4) is 0 Å². The lowest BCUT2D eigenvalue weighted by atomic mass is 10.1. The molecule has 1 fully saturated rings. The van der Waals surface area contributed by atoms with Crippen molar-refractivity contribution in [1.29, 1.82) is 0 Å². The second kappa shape index (κ2) is 7.38. The molecule has 0 radical (unpaired) electrons. The van der Waals surface area contributed by atoms with Gasteiger partial charge in [-0.15, -0.1) is 0 Å². The van der Waals surface area contributed by atoms with Gasteiger partial charge < -0.3 is 5.32 Å². The summed E-state index contributed by atoms with van der Waals surface area (Å²) >= 11 is 1.93. The van der Waals surface area contributed by atoms with Gasteiger partial charge in [0.25, 0.3) is 0 Å². The number of para-hydroxylation sites is 1. The largest absolute Gasteiger partial charge is 0.355 e. The summed E-state index contributed by atoms with van der Waals surface area (Å²) in [4.78, 5) is 12.3. The zero-order valence-corrected chi connectivity index (χ0v) is 14.8. The molecule has 2 aromatic rings. The second-order valence-corrected chi connectivity index (χ2v) is 7.54. The molecule has 1 aromatic heterocycles. The minimum atomic E-state index is -0.322. The van der Waals surface area contributed by atoms with E-state index in [0.29, 0.717) is 10.9 Å². The van der Waals surface area contributed by atoms with Crippen LogP contribution in [0.15, 0.2) is 24.3 Å². The van der Waals surface area contributed by atoms with E-state index in [1.807, 2.05) is 25.6 Å². The highest BCUT2D eigenvalue weighted by Gasteiger charge is 2.19. The fourth-order valence-corrected chi connectivity index (χ4v) is 4.25. The summed E-state index contributed by atoms with van der Waals surface area (Å²) in [5.74, 6) is 0.868. The molecule has 0 saturated carbocycles. The molecule has 1 atom stereocenters. The van der Waals surface area contributed by atoms with Gasteiger partial charge in [-0.1, -0.05) is 12.1 Å². The Kier molecular flexibility index (Phi) is 5.23. The summed E-state index contributed by atoms with van der Waals surface area (Å²) in [5, 5.41) is 7.98. The van der Waals surface area contributed by atoms with Gasteiger partial charge in [-0.25, -0.2) is 9.07 Å². The lowest BCUT2D eigenvalue weighted by Crippen LogP contribution is -2.31. The molecule has 24 heavy (non-hydrogen) atoms. The molecule has 128 valence electrons. The van der Waals surface area contributed by atoms with E-state index in [-0.39, 0.29) is 18.1 Å². The minimum absolute atomic E-state index is 0.00165. The third-order valence-corrected chi connectivity index (χ3v) is 5.81. The topological polar surface area (TPSA) is 46.9 Å². The van der Waals surface area contributed by atoms with Crippen LogP contribution < -0.4 is 5.32 Å². The average molecular weight is 347 g/mol. The number of carbonyl (C=O) groups is 1. The highest BCUT2D eigenvalue weighted by Crippen LogP contribution is 2.25. The molecule has 6 heteroatoms. The van der Waals surface area contributed by atoms with Crippen molar-refractivity contribution in [1.82, 2.24) is 15.1 Å². The Morgan fingerprint density at radius 2 is 2.21 bits per heavy atom. The lowest BCUT2D eigenvalue weighted by molar-refractivity contribution is -0.120. The maximum Gasteiger partial charge on any atom is 0.224 e. The molecule has 4 nitrogen and oxygen atoms in total. The monoisotopic (exact) mass is 347 g/mol. The van der Waals surface area contributed by atoms with Gasteiger partial charge in [0, 0.05) is 23.1 Å². The summed E-state index contributed by atoms with van der Waals surface area (Å²) in [6, 6.07) is 6.54. The first kappa shape index (κ1) is 17.0. The number of benzene rings is 1. The van der Waals surface area contributed by atoms with Crippen LogP contribution in [0.1, 0.15) is 29.8 Å². The molecule has 0 bridgehead atoms. The zero-order chi connectivity index (χ0) is 17.1. The van der Waals surface area contributed by atoms with Crippen molar-refractivity contribution in [2.24, 2.45) is 0 Å². The number of aromatic nitrogens is 2. The van der Waals surface area contributed by atoms with Crippen molar-refractivity contribution >= 4 is 17.7 Å². The highest BCUT2D eigenvalue weighted by molar-refractivity contribution is 8.00. The quantitative estimate of drug-likeness (QED) is 0.904. The number of nitrogens with zero attached hydrogens (tertiary/aromatic N) is 2. The Balaban J connectivity index is 1.72. The van der Waals surface area contributed by atoms with E-state index in [0.717, 1.165) is 23.5 Å². The first-order valence-electron chi connectivity index (χ1n) is 8.24. The maximum absolute atomic E-state index is 14.0. The summed E-state index contributed by atoms with van der Waals surface area (Å²) in [6.45, 7) is 4.46. The lowest BCUT2D eigenvalue weighted by Gasteiger charge is -2.10. The van der Waals surface area contributed by atoms with E-state index in [1.54, 1.807) is 22.9 Å². The van der Waals surface area contributed by atoms with Gasteiger partial charge in [-0.05, 0) is 44.6 Å². The average Bonchev–Trinajstić information content (AvgIpc) is 3.17. The van der Waals surface area contributed by atoms with Gasteiger partial charge in [0.2, 0.25) is 5.91 Å². The van der Waals surface area contributed by atoms with Gasteiger partial charge in [-0.3, -0.25) is 4.79 Å². The number of hydrogen-bond donors (Lipinski definition) is 1.